The summed E-state index contributed by atoms with van der Waals surface area (Å²) in [6, 6.07) is 21.2. The van der Waals surface area contributed by atoms with Crippen LogP contribution in [0.1, 0.15) is 16.9 Å². The van der Waals surface area contributed by atoms with E-state index in [-0.39, 0.29) is 5.69 Å². The molecule has 5 heteroatoms. The molecular weight excluding hydrogens is 362 g/mol. The standard InChI is InChI=1S/C22H18ClNO3/c23-17-10-9-16-13-20(22(25)26)24(19(16)14-17)11-4-12-27-21-8-3-6-15-5-1-2-7-18(15)21/h1-3,5-10,13-14H,4,11-12H2,(H,25,26). The van der Waals surface area contributed by atoms with Gasteiger partial charge in [-0.2, -0.15) is 0 Å². The van der Waals surface area contributed by atoms with Gasteiger partial charge in [0, 0.05) is 22.3 Å². The maximum absolute atomic E-state index is 11.6. The van der Waals surface area contributed by atoms with E-state index >= 15 is 0 Å². The Morgan fingerprint density at radius 1 is 1.00 bits per heavy atom. The molecule has 3 aromatic carbocycles. The van der Waals surface area contributed by atoms with Crippen molar-refractivity contribution in [1.82, 2.24) is 4.57 Å². The van der Waals surface area contributed by atoms with Crippen molar-refractivity contribution in [3.8, 4) is 5.75 Å². The molecule has 0 bridgehead atoms. The second-order valence-corrected chi connectivity index (χ2v) is 6.81. The third kappa shape index (κ3) is 3.49. The van der Waals surface area contributed by atoms with Crippen molar-refractivity contribution >= 4 is 39.2 Å². The maximum Gasteiger partial charge on any atom is 0.352 e. The number of rotatable bonds is 6. The van der Waals surface area contributed by atoms with Crippen LogP contribution in [-0.4, -0.2) is 22.2 Å². The number of hydrogen-bond donors (Lipinski definition) is 1. The molecule has 1 N–H and O–H groups in total. The number of carboxylic acids is 1. The largest absolute Gasteiger partial charge is 0.493 e. The molecule has 4 aromatic rings. The average molecular weight is 380 g/mol. The third-order valence-corrected chi connectivity index (χ3v) is 4.85. The zero-order chi connectivity index (χ0) is 18.8. The van der Waals surface area contributed by atoms with Crippen LogP contribution in [-0.2, 0) is 6.54 Å². The molecule has 1 aromatic heterocycles. The second kappa shape index (κ2) is 7.33. The lowest BCUT2D eigenvalue weighted by molar-refractivity contribution is 0.0685. The zero-order valence-electron chi connectivity index (χ0n) is 14.6. The summed E-state index contributed by atoms with van der Waals surface area (Å²) in [6.07, 6.45) is 0.680. The quantitative estimate of drug-likeness (QED) is 0.442. The average Bonchev–Trinajstić information content (AvgIpc) is 3.03. The number of aromatic carboxylic acids is 1. The van der Waals surface area contributed by atoms with Crippen molar-refractivity contribution in [2.45, 2.75) is 13.0 Å². The van der Waals surface area contributed by atoms with E-state index < -0.39 is 5.97 Å². The van der Waals surface area contributed by atoms with Gasteiger partial charge in [0.15, 0.2) is 0 Å². The molecule has 0 fully saturated rings. The molecular formula is C22H18ClNO3. The summed E-state index contributed by atoms with van der Waals surface area (Å²) in [5, 5.41) is 13.2. The van der Waals surface area contributed by atoms with Gasteiger partial charge in [-0.15, -0.1) is 0 Å². The smallest absolute Gasteiger partial charge is 0.352 e. The number of fused-ring (bicyclic) bond motifs is 2. The minimum Gasteiger partial charge on any atom is -0.493 e. The van der Waals surface area contributed by atoms with Crippen LogP contribution in [0.3, 0.4) is 0 Å². The van der Waals surface area contributed by atoms with E-state index in [0.29, 0.717) is 24.6 Å². The molecule has 0 saturated heterocycles. The number of halogens is 1. The van der Waals surface area contributed by atoms with E-state index in [4.69, 9.17) is 16.3 Å². The number of aryl methyl sites for hydroxylation is 1. The fraction of sp³-hybridized carbons (Fsp3) is 0.136. The van der Waals surface area contributed by atoms with E-state index in [1.54, 1.807) is 22.8 Å². The van der Waals surface area contributed by atoms with Gasteiger partial charge in [-0.3, -0.25) is 0 Å². The highest BCUT2D eigenvalue weighted by Crippen LogP contribution is 2.26. The first-order valence-electron chi connectivity index (χ1n) is 8.76. The zero-order valence-corrected chi connectivity index (χ0v) is 15.3. The molecule has 27 heavy (non-hydrogen) atoms. The van der Waals surface area contributed by atoms with Gasteiger partial charge < -0.3 is 14.4 Å². The molecule has 1 heterocycles. The van der Waals surface area contributed by atoms with Gasteiger partial charge in [-0.25, -0.2) is 4.79 Å². The van der Waals surface area contributed by atoms with Crippen molar-refractivity contribution in [2.75, 3.05) is 6.61 Å². The van der Waals surface area contributed by atoms with Crippen molar-refractivity contribution in [1.29, 1.82) is 0 Å². The molecule has 0 aliphatic rings. The molecule has 136 valence electrons. The van der Waals surface area contributed by atoms with Gasteiger partial charge in [0.2, 0.25) is 0 Å². The van der Waals surface area contributed by atoms with E-state index in [1.165, 1.54) is 0 Å². The molecule has 0 aliphatic carbocycles. The lowest BCUT2D eigenvalue weighted by Gasteiger charge is -2.11. The molecule has 0 spiro atoms. The summed E-state index contributed by atoms with van der Waals surface area (Å²) < 4.78 is 7.75. The summed E-state index contributed by atoms with van der Waals surface area (Å²) in [7, 11) is 0. The highest BCUT2D eigenvalue weighted by Gasteiger charge is 2.14. The Labute approximate surface area is 161 Å². The maximum atomic E-state index is 11.6. The predicted octanol–water partition coefficient (Wildman–Crippen LogP) is 5.62. The SMILES string of the molecule is O=C(O)c1cc2ccc(Cl)cc2n1CCCOc1cccc2ccccc12. The minimum absolute atomic E-state index is 0.262. The van der Waals surface area contributed by atoms with E-state index in [1.807, 2.05) is 36.4 Å². The van der Waals surface area contributed by atoms with Gasteiger partial charge >= 0.3 is 5.97 Å². The number of benzene rings is 3. The first-order valence-corrected chi connectivity index (χ1v) is 9.14. The van der Waals surface area contributed by atoms with Crippen LogP contribution < -0.4 is 4.74 Å². The van der Waals surface area contributed by atoms with Crippen molar-refractivity contribution < 1.29 is 14.6 Å². The normalized spacial score (nSPS) is 11.1. The lowest BCUT2D eigenvalue weighted by atomic mass is 10.1. The Balaban J connectivity index is 1.51. The molecule has 0 radical (unpaired) electrons. The molecule has 0 unspecified atom stereocenters. The Hall–Kier alpha value is -2.98. The van der Waals surface area contributed by atoms with E-state index in [9.17, 15) is 9.90 Å². The van der Waals surface area contributed by atoms with Crippen molar-refractivity contribution in [2.24, 2.45) is 0 Å². The van der Waals surface area contributed by atoms with Crippen LogP contribution in [0.2, 0.25) is 5.02 Å². The molecule has 0 aliphatic heterocycles. The lowest BCUT2D eigenvalue weighted by Crippen LogP contribution is -2.11. The molecule has 0 saturated carbocycles. The van der Waals surface area contributed by atoms with Gasteiger partial charge in [0.05, 0.1) is 12.1 Å². The first kappa shape index (κ1) is 17.4. The van der Waals surface area contributed by atoms with Crippen molar-refractivity contribution in [3.63, 3.8) is 0 Å². The van der Waals surface area contributed by atoms with E-state index in [0.717, 1.165) is 27.4 Å². The van der Waals surface area contributed by atoms with E-state index in [2.05, 4.69) is 12.1 Å². The summed E-state index contributed by atoms with van der Waals surface area (Å²) >= 11 is 6.09. The summed E-state index contributed by atoms with van der Waals surface area (Å²) in [5.74, 6) is -0.107. The Kier molecular flexibility index (Phi) is 4.73. The van der Waals surface area contributed by atoms with Crippen LogP contribution >= 0.6 is 11.6 Å². The molecule has 0 atom stereocenters. The number of ether oxygens (including phenoxy) is 1. The number of carboxylic acid groups (broad SMARTS) is 1. The third-order valence-electron chi connectivity index (χ3n) is 4.62. The Morgan fingerprint density at radius 3 is 2.67 bits per heavy atom. The van der Waals surface area contributed by atoms with Gasteiger partial charge in [0.25, 0.3) is 0 Å². The summed E-state index contributed by atoms with van der Waals surface area (Å²) in [5.41, 5.74) is 1.09. The van der Waals surface area contributed by atoms with Crippen LogP contribution in [0.5, 0.6) is 5.75 Å². The Bertz CT molecular complexity index is 1130. The predicted molar refractivity (Wildman–Crippen MR) is 108 cm³/mol. The summed E-state index contributed by atoms with van der Waals surface area (Å²) in [6.45, 7) is 1.03. The van der Waals surface area contributed by atoms with Crippen molar-refractivity contribution in [3.05, 3.63) is 77.4 Å². The topological polar surface area (TPSA) is 51.5 Å². The monoisotopic (exact) mass is 379 g/mol. The van der Waals surface area contributed by atoms with Gasteiger partial charge in [0.1, 0.15) is 11.4 Å². The highest BCUT2D eigenvalue weighted by atomic mass is 35.5. The summed E-state index contributed by atoms with van der Waals surface area (Å²) in [4.78, 5) is 11.6. The number of aromatic nitrogens is 1. The van der Waals surface area contributed by atoms with Crippen LogP contribution in [0.4, 0.5) is 0 Å². The first-order chi connectivity index (χ1) is 13.1. The van der Waals surface area contributed by atoms with Gasteiger partial charge in [-0.05, 0) is 36.1 Å². The molecule has 4 rings (SSSR count). The second-order valence-electron chi connectivity index (χ2n) is 6.37. The van der Waals surface area contributed by atoms with Gasteiger partial charge in [-0.1, -0.05) is 54.1 Å². The Morgan fingerprint density at radius 2 is 1.81 bits per heavy atom. The fourth-order valence-corrected chi connectivity index (χ4v) is 3.54. The van der Waals surface area contributed by atoms with Crippen LogP contribution in [0.15, 0.2) is 66.7 Å². The number of nitrogens with zero attached hydrogens (tertiary/aromatic N) is 1. The number of hydrogen-bond acceptors (Lipinski definition) is 2. The van der Waals surface area contributed by atoms with Crippen LogP contribution in [0.25, 0.3) is 21.7 Å². The highest BCUT2D eigenvalue weighted by molar-refractivity contribution is 6.31. The number of carbonyl (C=O) groups is 1. The van der Waals surface area contributed by atoms with Crippen LogP contribution in [0, 0.1) is 0 Å². The minimum atomic E-state index is -0.947. The molecule has 0 amide bonds. The molecule has 4 nitrogen and oxygen atoms in total. The fourth-order valence-electron chi connectivity index (χ4n) is 3.37.